The predicted octanol–water partition coefficient (Wildman–Crippen LogP) is 1.98. The molecule has 0 saturated carbocycles. The number of thiazole rings is 1. The summed E-state index contributed by atoms with van der Waals surface area (Å²) in [6, 6.07) is 4.09. The molecule has 1 aliphatic rings. The Bertz CT molecular complexity index is 558. The first-order valence-electron chi connectivity index (χ1n) is 5.23. The monoisotopic (exact) mass is 232 g/mol. The summed E-state index contributed by atoms with van der Waals surface area (Å²) in [7, 11) is 0. The lowest BCUT2D eigenvalue weighted by Gasteiger charge is -2.09. The second-order valence-corrected chi connectivity index (χ2v) is 4.58. The van der Waals surface area contributed by atoms with Crippen LogP contribution in [0.4, 0.5) is 5.69 Å². The van der Waals surface area contributed by atoms with E-state index >= 15 is 0 Å². The molecular weight excluding hydrogens is 220 g/mol. The van der Waals surface area contributed by atoms with Gasteiger partial charge in [-0.2, -0.15) is 0 Å². The summed E-state index contributed by atoms with van der Waals surface area (Å²) in [5, 5.41) is 6.51. The van der Waals surface area contributed by atoms with E-state index in [9.17, 15) is 0 Å². The van der Waals surface area contributed by atoms with E-state index in [4.69, 9.17) is 0 Å². The highest BCUT2D eigenvalue weighted by Gasteiger charge is 2.09. The number of nitrogens with one attached hydrogen (secondary N) is 2. The second-order valence-electron chi connectivity index (χ2n) is 3.72. The van der Waals surface area contributed by atoms with Crippen LogP contribution >= 0.6 is 11.3 Å². The number of hydrogen-bond acceptors (Lipinski definition) is 5. The van der Waals surface area contributed by atoms with E-state index in [1.54, 1.807) is 11.3 Å². The maximum absolute atomic E-state index is 4.32. The van der Waals surface area contributed by atoms with Gasteiger partial charge in [0.1, 0.15) is 0 Å². The molecular formula is C11H12N4S. The maximum Gasteiger partial charge on any atom is 0.195 e. The van der Waals surface area contributed by atoms with Crippen molar-refractivity contribution in [1.82, 2.24) is 10.3 Å². The van der Waals surface area contributed by atoms with Gasteiger partial charge in [0.05, 0.1) is 22.3 Å². The van der Waals surface area contributed by atoms with Crippen LogP contribution in [0.15, 0.2) is 22.6 Å². The van der Waals surface area contributed by atoms with Gasteiger partial charge in [-0.25, -0.2) is 4.98 Å². The third kappa shape index (κ3) is 1.53. The second kappa shape index (κ2) is 3.75. The molecule has 0 atom stereocenters. The van der Waals surface area contributed by atoms with Gasteiger partial charge in [0.2, 0.25) is 0 Å². The summed E-state index contributed by atoms with van der Waals surface area (Å²) < 4.78 is 1.24. The van der Waals surface area contributed by atoms with Gasteiger partial charge >= 0.3 is 0 Å². The van der Waals surface area contributed by atoms with Crippen LogP contribution < -0.4 is 10.6 Å². The quantitative estimate of drug-likeness (QED) is 0.790. The first-order chi connectivity index (χ1) is 7.84. The molecule has 0 spiro atoms. The molecule has 2 heterocycles. The maximum atomic E-state index is 4.32. The van der Waals surface area contributed by atoms with Crippen LogP contribution in [0.25, 0.3) is 10.2 Å². The van der Waals surface area contributed by atoms with Gasteiger partial charge in [-0.3, -0.25) is 4.99 Å². The minimum atomic E-state index is 0.851. The number of aryl methyl sites for hydroxylation is 1. The largest absolute Gasteiger partial charge is 0.354 e. The van der Waals surface area contributed by atoms with E-state index in [-0.39, 0.29) is 0 Å². The molecule has 2 N–H and O–H groups in total. The lowest BCUT2D eigenvalue weighted by molar-refractivity contribution is 0.959. The van der Waals surface area contributed by atoms with Crippen LogP contribution in [0, 0.1) is 6.92 Å². The summed E-state index contributed by atoms with van der Waals surface area (Å²) in [5.41, 5.74) is 5.28. The van der Waals surface area contributed by atoms with Crippen molar-refractivity contribution in [1.29, 1.82) is 0 Å². The molecule has 2 aromatic rings. The Morgan fingerprint density at radius 2 is 2.38 bits per heavy atom. The number of rotatable bonds is 1. The number of guanidine groups is 1. The lowest BCUT2D eigenvalue weighted by atomic mass is 10.2. The molecule has 82 valence electrons. The number of benzene rings is 1. The average molecular weight is 232 g/mol. The SMILES string of the molecule is Cc1c(NC2=NCCN2)ccc2ncsc12. The van der Waals surface area contributed by atoms with E-state index < -0.39 is 0 Å². The third-order valence-corrected chi connectivity index (χ3v) is 3.64. The molecule has 1 aromatic carbocycles. The van der Waals surface area contributed by atoms with Crippen molar-refractivity contribution in [2.75, 3.05) is 18.4 Å². The van der Waals surface area contributed by atoms with Gasteiger partial charge in [0.25, 0.3) is 0 Å². The van der Waals surface area contributed by atoms with E-state index in [0.29, 0.717) is 0 Å². The molecule has 0 fully saturated rings. The van der Waals surface area contributed by atoms with E-state index in [1.807, 2.05) is 11.6 Å². The summed E-state index contributed by atoms with van der Waals surface area (Å²) in [4.78, 5) is 8.62. The summed E-state index contributed by atoms with van der Waals surface area (Å²) in [6.07, 6.45) is 0. The molecule has 0 bridgehead atoms. The van der Waals surface area contributed by atoms with Crippen LogP contribution in [0.5, 0.6) is 0 Å². The molecule has 16 heavy (non-hydrogen) atoms. The molecule has 3 rings (SSSR count). The average Bonchev–Trinajstić information content (AvgIpc) is 2.93. The number of hydrogen-bond donors (Lipinski definition) is 2. The highest BCUT2D eigenvalue weighted by molar-refractivity contribution is 7.17. The Morgan fingerprint density at radius 3 is 3.19 bits per heavy atom. The summed E-state index contributed by atoms with van der Waals surface area (Å²) in [6.45, 7) is 3.88. The predicted molar refractivity (Wildman–Crippen MR) is 68.3 cm³/mol. The Hall–Kier alpha value is -1.62. The van der Waals surface area contributed by atoms with Crippen molar-refractivity contribution in [3.05, 3.63) is 23.2 Å². The lowest BCUT2D eigenvalue weighted by Crippen LogP contribution is -2.26. The molecule has 0 radical (unpaired) electrons. The Morgan fingerprint density at radius 1 is 1.44 bits per heavy atom. The normalized spacial score (nSPS) is 14.9. The van der Waals surface area contributed by atoms with Gasteiger partial charge in [-0.1, -0.05) is 0 Å². The van der Waals surface area contributed by atoms with Gasteiger partial charge in [0.15, 0.2) is 5.96 Å². The van der Waals surface area contributed by atoms with Crippen molar-refractivity contribution < 1.29 is 0 Å². The van der Waals surface area contributed by atoms with Gasteiger partial charge in [-0.15, -0.1) is 11.3 Å². The fourth-order valence-corrected chi connectivity index (χ4v) is 2.61. The van der Waals surface area contributed by atoms with Crippen LogP contribution in [0.2, 0.25) is 0 Å². The first-order valence-corrected chi connectivity index (χ1v) is 6.11. The molecule has 0 unspecified atom stereocenters. The highest BCUT2D eigenvalue weighted by Crippen LogP contribution is 2.27. The van der Waals surface area contributed by atoms with Gasteiger partial charge in [-0.05, 0) is 24.6 Å². The number of aliphatic imine (C=N–C) groups is 1. The standard InChI is InChI=1S/C11H12N4S/c1-7-8(15-11-12-4-5-13-11)2-3-9-10(7)16-6-14-9/h2-3,6H,4-5H2,1H3,(H2,12,13,15). The zero-order valence-electron chi connectivity index (χ0n) is 8.95. The van der Waals surface area contributed by atoms with Crippen molar-refractivity contribution >= 4 is 33.2 Å². The molecule has 4 nitrogen and oxygen atoms in total. The first kappa shape index (κ1) is 9.59. The molecule has 1 aromatic heterocycles. The topological polar surface area (TPSA) is 49.3 Å². The zero-order chi connectivity index (χ0) is 11.0. The van der Waals surface area contributed by atoms with Gasteiger partial charge < -0.3 is 10.6 Å². The fraction of sp³-hybridized carbons (Fsp3) is 0.273. The van der Waals surface area contributed by atoms with Crippen LogP contribution in [-0.2, 0) is 0 Å². The van der Waals surface area contributed by atoms with Crippen LogP contribution in [0.3, 0.4) is 0 Å². The molecule has 0 saturated heterocycles. The molecule has 0 aliphatic carbocycles. The summed E-state index contributed by atoms with van der Waals surface area (Å²) >= 11 is 1.67. The van der Waals surface area contributed by atoms with Crippen molar-refractivity contribution in [3.8, 4) is 0 Å². The third-order valence-electron chi connectivity index (χ3n) is 2.67. The molecule has 1 aliphatic heterocycles. The Kier molecular flexibility index (Phi) is 2.25. The van der Waals surface area contributed by atoms with Gasteiger partial charge in [0, 0.05) is 12.2 Å². The summed E-state index contributed by atoms with van der Waals surface area (Å²) in [5.74, 6) is 0.868. The van der Waals surface area contributed by atoms with Crippen molar-refractivity contribution in [2.24, 2.45) is 4.99 Å². The number of aromatic nitrogens is 1. The Balaban J connectivity index is 1.99. The number of fused-ring (bicyclic) bond motifs is 1. The number of anilines is 1. The molecule has 0 amide bonds. The minimum Gasteiger partial charge on any atom is -0.354 e. The molecule has 5 heteroatoms. The van der Waals surface area contributed by atoms with Crippen molar-refractivity contribution in [2.45, 2.75) is 6.92 Å². The fourth-order valence-electron chi connectivity index (χ4n) is 1.81. The number of nitrogens with zero attached hydrogens (tertiary/aromatic N) is 2. The smallest absolute Gasteiger partial charge is 0.195 e. The minimum absolute atomic E-state index is 0.851. The van der Waals surface area contributed by atoms with E-state index in [2.05, 4.69) is 33.6 Å². The van der Waals surface area contributed by atoms with E-state index in [0.717, 1.165) is 30.3 Å². The highest BCUT2D eigenvalue weighted by atomic mass is 32.1. The van der Waals surface area contributed by atoms with Crippen LogP contribution in [0.1, 0.15) is 5.56 Å². The van der Waals surface area contributed by atoms with Crippen molar-refractivity contribution in [3.63, 3.8) is 0 Å². The Labute approximate surface area is 97.4 Å². The van der Waals surface area contributed by atoms with E-state index in [1.165, 1.54) is 10.3 Å². The van der Waals surface area contributed by atoms with Crippen LogP contribution in [-0.4, -0.2) is 24.0 Å². The zero-order valence-corrected chi connectivity index (χ0v) is 9.77.